The Labute approximate surface area is 182 Å². The number of halogens is 1. The predicted molar refractivity (Wildman–Crippen MR) is 115 cm³/mol. The van der Waals surface area contributed by atoms with Gasteiger partial charge < -0.3 is 4.98 Å². The number of sulfonamides is 1. The summed E-state index contributed by atoms with van der Waals surface area (Å²) in [5, 5.41) is 0. The summed E-state index contributed by atoms with van der Waals surface area (Å²) in [7, 11) is -3.73. The minimum Gasteiger partial charge on any atom is -0.355 e. The summed E-state index contributed by atoms with van der Waals surface area (Å²) in [6, 6.07) is 4.33. The average Bonchev–Trinajstić information content (AvgIpc) is 2.88. The molecule has 31 heavy (non-hydrogen) atoms. The Bertz CT molecular complexity index is 1090. The molecule has 7 nitrogen and oxygen atoms in total. The standard InChI is InChI=1S/C22H28FN3O4S/c1-14-20(17(4)27)15(2)24-21(14)22(28)16(3)25-10-5-11-26(13-12-25)31(29,30)19-8-6-18(23)7-9-19/h6-9,16,24H,5,10-13H2,1-4H3/t16-/m0/s1. The third kappa shape index (κ3) is 4.63. The van der Waals surface area contributed by atoms with Crippen LogP contribution in [0.4, 0.5) is 4.39 Å². The topological polar surface area (TPSA) is 90.6 Å². The second-order valence-electron chi connectivity index (χ2n) is 7.97. The second kappa shape index (κ2) is 9.02. The lowest BCUT2D eigenvalue weighted by molar-refractivity contribution is 0.0840. The van der Waals surface area contributed by atoms with Gasteiger partial charge in [-0.1, -0.05) is 0 Å². The molecule has 0 bridgehead atoms. The molecule has 168 valence electrons. The van der Waals surface area contributed by atoms with E-state index in [9.17, 15) is 22.4 Å². The van der Waals surface area contributed by atoms with Crippen LogP contribution in [0, 0.1) is 19.7 Å². The number of aryl methyl sites for hydroxylation is 1. The van der Waals surface area contributed by atoms with E-state index in [2.05, 4.69) is 4.98 Å². The van der Waals surface area contributed by atoms with Gasteiger partial charge in [-0.2, -0.15) is 4.31 Å². The average molecular weight is 450 g/mol. The van der Waals surface area contributed by atoms with E-state index in [0.29, 0.717) is 48.6 Å². The fourth-order valence-corrected chi connectivity index (χ4v) is 5.67. The van der Waals surface area contributed by atoms with Gasteiger partial charge in [0.25, 0.3) is 0 Å². The van der Waals surface area contributed by atoms with Crippen LogP contribution >= 0.6 is 0 Å². The Kier molecular flexibility index (Phi) is 6.78. The maximum absolute atomic E-state index is 13.2. The normalized spacial score (nSPS) is 17.3. The first kappa shape index (κ1) is 23.3. The second-order valence-corrected chi connectivity index (χ2v) is 9.91. The predicted octanol–water partition coefficient (Wildman–Crippen LogP) is 2.94. The van der Waals surface area contributed by atoms with Crippen molar-refractivity contribution >= 4 is 21.6 Å². The van der Waals surface area contributed by atoms with E-state index in [0.717, 1.165) is 12.1 Å². The number of aromatic amines is 1. The van der Waals surface area contributed by atoms with E-state index in [-0.39, 0.29) is 23.0 Å². The SMILES string of the molecule is CC(=O)c1c(C)[nH]c(C(=O)[C@H](C)N2CCCN(S(=O)(=O)c3ccc(F)cc3)CC2)c1C. The molecule has 1 aromatic heterocycles. The maximum Gasteiger partial charge on any atom is 0.243 e. The summed E-state index contributed by atoms with van der Waals surface area (Å²) < 4.78 is 40.4. The van der Waals surface area contributed by atoms with Crippen LogP contribution in [0.15, 0.2) is 29.2 Å². The first-order chi connectivity index (χ1) is 14.5. The van der Waals surface area contributed by atoms with Crippen LogP contribution < -0.4 is 0 Å². The van der Waals surface area contributed by atoms with Crippen molar-refractivity contribution in [1.29, 1.82) is 0 Å². The minimum atomic E-state index is -3.73. The highest BCUT2D eigenvalue weighted by Crippen LogP contribution is 2.23. The van der Waals surface area contributed by atoms with Crippen LogP contribution in [0.1, 0.15) is 52.4 Å². The van der Waals surface area contributed by atoms with Gasteiger partial charge in [-0.3, -0.25) is 14.5 Å². The zero-order valence-electron chi connectivity index (χ0n) is 18.2. The molecule has 0 spiro atoms. The van der Waals surface area contributed by atoms with Crippen molar-refractivity contribution < 1.29 is 22.4 Å². The summed E-state index contributed by atoms with van der Waals surface area (Å²) >= 11 is 0. The van der Waals surface area contributed by atoms with Gasteiger partial charge in [0, 0.05) is 37.4 Å². The van der Waals surface area contributed by atoms with Gasteiger partial charge >= 0.3 is 0 Å². The van der Waals surface area contributed by atoms with Crippen LogP contribution in [-0.2, 0) is 10.0 Å². The van der Waals surface area contributed by atoms with E-state index >= 15 is 0 Å². The summed E-state index contributed by atoms with van der Waals surface area (Å²) in [6.45, 7) is 8.34. The van der Waals surface area contributed by atoms with Crippen molar-refractivity contribution in [3.63, 3.8) is 0 Å². The highest BCUT2D eigenvalue weighted by molar-refractivity contribution is 7.89. The number of hydrogen-bond donors (Lipinski definition) is 1. The smallest absolute Gasteiger partial charge is 0.243 e. The van der Waals surface area contributed by atoms with Gasteiger partial charge in [-0.15, -0.1) is 0 Å². The molecule has 2 heterocycles. The summed E-state index contributed by atoms with van der Waals surface area (Å²) in [4.78, 5) is 30.1. The lowest BCUT2D eigenvalue weighted by Gasteiger charge is -2.26. The molecule has 1 saturated heterocycles. The molecule has 1 N–H and O–H groups in total. The molecular formula is C22H28FN3O4S. The van der Waals surface area contributed by atoms with Gasteiger partial charge in [-0.25, -0.2) is 12.8 Å². The monoisotopic (exact) mass is 449 g/mol. The van der Waals surface area contributed by atoms with Crippen molar-refractivity contribution in [3.8, 4) is 0 Å². The van der Waals surface area contributed by atoms with Gasteiger partial charge in [0.2, 0.25) is 10.0 Å². The van der Waals surface area contributed by atoms with Crippen LogP contribution in [0.2, 0.25) is 0 Å². The number of Topliss-reactive ketones (excluding diaryl/α,β-unsaturated/α-hetero) is 2. The summed E-state index contributed by atoms with van der Waals surface area (Å²) in [6.07, 6.45) is 0.569. The number of ketones is 2. The molecule has 0 saturated carbocycles. The Morgan fingerprint density at radius 1 is 1.06 bits per heavy atom. The van der Waals surface area contributed by atoms with Crippen molar-refractivity contribution in [2.75, 3.05) is 26.2 Å². The fourth-order valence-electron chi connectivity index (χ4n) is 4.20. The van der Waals surface area contributed by atoms with Crippen LogP contribution in [-0.4, -0.2) is 66.4 Å². The highest BCUT2D eigenvalue weighted by atomic mass is 32.2. The van der Waals surface area contributed by atoms with E-state index in [1.807, 2.05) is 4.90 Å². The molecule has 1 atom stereocenters. The molecule has 9 heteroatoms. The number of carbonyl (C=O) groups is 2. The molecule has 1 aromatic carbocycles. The molecule has 0 amide bonds. The molecule has 2 aromatic rings. The van der Waals surface area contributed by atoms with Crippen molar-refractivity contribution in [3.05, 3.63) is 52.6 Å². The number of carbonyl (C=O) groups excluding carboxylic acids is 2. The number of nitrogens with one attached hydrogen (secondary N) is 1. The first-order valence-corrected chi connectivity index (χ1v) is 11.7. The van der Waals surface area contributed by atoms with E-state index < -0.39 is 21.9 Å². The van der Waals surface area contributed by atoms with Crippen LogP contribution in [0.25, 0.3) is 0 Å². The lowest BCUT2D eigenvalue weighted by atomic mass is 10.0. The number of H-pyrrole nitrogens is 1. The van der Waals surface area contributed by atoms with Crippen molar-refractivity contribution in [2.45, 2.75) is 45.1 Å². The minimum absolute atomic E-state index is 0.0562. The number of aromatic nitrogens is 1. The Morgan fingerprint density at radius 3 is 2.29 bits per heavy atom. The zero-order chi connectivity index (χ0) is 22.9. The zero-order valence-corrected chi connectivity index (χ0v) is 19.1. The van der Waals surface area contributed by atoms with E-state index in [4.69, 9.17) is 0 Å². The highest BCUT2D eigenvalue weighted by Gasteiger charge is 2.31. The molecule has 1 aliphatic rings. The number of nitrogens with zero attached hydrogens (tertiary/aromatic N) is 2. The van der Waals surface area contributed by atoms with E-state index in [1.165, 1.54) is 23.4 Å². The molecule has 0 unspecified atom stereocenters. The van der Waals surface area contributed by atoms with Gasteiger partial charge in [0.05, 0.1) is 16.6 Å². The maximum atomic E-state index is 13.2. The van der Waals surface area contributed by atoms with Gasteiger partial charge in [0.1, 0.15) is 5.82 Å². The van der Waals surface area contributed by atoms with Crippen LogP contribution in [0.3, 0.4) is 0 Å². The third-order valence-electron chi connectivity index (χ3n) is 5.90. The Morgan fingerprint density at radius 2 is 1.71 bits per heavy atom. The molecule has 1 aliphatic heterocycles. The van der Waals surface area contributed by atoms with Gasteiger partial charge in [0.15, 0.2) is 11.6 Å². The largest absolute Gasteiger partial charge is 0.355 e. The van der Waals surface area contributed by atoms with E-state index in [1.54, 1.807) is 20.8 Å². The van der Waals surface area contributed by atoms with Gasteiger partial charge in [-0.05, 0) is 63.9 Å². The number of benzene rings is 1. The third-order valence-corrected chi connectivity index (χ3v) is 7.82. The molecule has 3 rings (SSSR count). The number of hydrogen-bond acceptors (Lipinski definition) is 5. The van der Waals surface area contributed by atoms with Crippen molar-refractivity contribution in [1.82, 2.24) is 14.2 Å². The van der Waals surface area contributed by atoms with Crippen molar-refractivity contribution in [2.24, 2.45) is 0 Å². The van der Waals surface area contributed by atoms with Crippen LogP contribution in [0.5, 0.6) is 0 Å². The summed E-state index contributed by atoms with van der Waals surface area (Å²) in [5.74, 6) is -0.701. The summed E-state index contributed by atoms with van der Waals surface area (Å²) in [5.41, 5.74) is 2.29. The first-order valence-electron chi connectivity index (χ1n) is 10.3. The lowest BCUT2D eigenvalue weighted by Crippen LogP contribution is -2.42. The molecule has 0 aliphatic carbocycles. The molecular weight excluding hydrogens is 421 g/mol. The fraction of sp³-hybridized carbons (Fsp3) is 0.455. The molecule has 1 fully saturated rings. The molecule has 0 radical (unpaired) electrons. The Hall–Kier alpha value is -2.36. The quantitative estimate of drug-likeness (QED) is 0.685. The number of rotatable bonds is 6. The Balaban J connectivity index is 1.75.